The molecule has 0 aliphatic carbocycles. The molecule has 110 valence electrons. The van der Waals surface area contributed by atoms with Gasteiger partial charge in [0.1, 0.15) is 11.5 Å². The Bertz CT molecular complexity index is 636. The Morgan fingerprint density at radius 2 is 1.57 bits per heavy atom. The van der Waals surface area contributed by atoms with Crippen molar-refractivity contribution in [1.29, 1.82) is 0 Å². The van der Waals surface area contributed by atoms with E-state index in [1.807, 2.05) is 48.5 Å². The van der Waals surface area contributed by atoms with Gasteiger partial charge >= 0.3 is 0 Å². The van der Waals surface area contributed by atoms with Crippen molar-refractivity contribution in [2.45, 2.75) is 5.75 Å². The third kappa shape index (κ3) is 4.43. The first kappa shape index (κ1) is 15.3. The molecule has 0 unspecified atom stereocenters. The van der Waals surface area contributed by atoms with E-state index >= 15 is 0 Å². The number of methoxy groups -OCH3 is 1. The molecule has 2 aromatic rings. The molecule has 1 amide bonds. The minimum Gasteiger partial charge on any atom is -0.497 e. The van der Waals surface area contributed by atoms with Crippen LogP contribution in [0.2, 0.25) is 0 Å². The molecule has 21 heavy (non-hydrogen) atoms. The second-order valence-corrected chi connectivity index (χ2v) is 6.08. The first-order chi connectivity index (χ1) is 10.1. The van der Waals surface area contributed by atoms with Gasteiger partial charge in [-0.25, -0.2) is 0 Å². The number of carbonyl (C=O) groups is 1. The van der Waals surface area contributed by atoms with Crippen molar-refractivity contribution in [2.24, 2.45) is 5.73 Å². The van der Waals surface area contributed by atoms with Crippen LogP contribution in [0.15, 0.2) is 48.5 Å². The summed E-state index contributed by atoms with van der Waals surface area (Å²) in [5.74, 6) is 0.520. The fourth-order valence-corrected chi connectivity index (χ4v) is 2.96. The molecule has 2 N–H and O–H groups in total. The van der Waals surface area contributed by atoms with Crippen molar-refractivity contribution >= 4 is 16.7 Å². The van der Waals surface area contributed by atoms with Crippen molar-refractivity contribution in [3.63, 3.8) is 0 Å². The van der Waals surface area contributed by atoms with Gasteiger partial charge in [-0.2, -0.15) is 0 Å². The zero-order chi connectivity index (χ0) is 15.2. The number of ether oxygens (including phenoxy) is 1. The molecule has 0 aliphatic rings. The number of rotatable bonds is 6. The summed E-state index contributed by atoms with van der Waals surface area (Å²) in [6.45, 7) is 0. The molecule has 0 heterocycles. The first-order valence-corrected chi connectivity index (χ1v) is 7.94. The van der Waals surface area contributed by atoms with Gasteiger partial charge in [-0.1, -0.05) is 36.4 Å². The van der Waals surface area contributed by atoms with Crippen LogP contribution in [-0.4, -0.2) is 23.0 Å². The number of carbonyl (C=O) groups excluding carboxylic acids is 1. The maximum atomic E-state index is 11.6. The standard InChI is InChI=1S/C16H17NO3S/c1-20-15-8-6-14(7-9-15)13-4-2-12(3-5-13)10-21(19)11-16(17)18/h2-9H,10-11H2,1H3,(H2,17,18)/t21-/m1/s1. The van der Waals surface area contributed by atoms with Gasteiger partial charge in [0.15, 0.2) is 0 Å². The lowest BCUT2D eigenvalue weighted by Crippen LogP contribution is -2.20. The number of primary amides is 1. The lowest BCUT2D eigenvalue weighted by molar-refractivity contribution is -0.115. The Morgan fingerprint density at radius 3 is 2.05 bits per heavy atom. The molecule has 0 bridgehead atoms. The smallest absolute Gasteiger partial charge is 0.230 e. The van der Waals surface area contributed by atoms with Crippen LogP contribution in [-0.2, 0) is 21.3 Å². The van der Waals surface area contributed by atoms with Crippen LogP contribution in [0.1, 0.15) is 5.56 Å². The lowest BCUT2D eigenvalue weighted by atomic mass is 10.0. The van der Waals surface area contributed by atoms with Gasteiger partial charge in [-0.05, 0) is 28.8 Å². The molecule has 0 aliphatic heterocycles. The van der Waals surface area contributed by atoms with Gasteiger partial charge < -0.3 is 10.5 Å². The molecule has 2 aromatic carbocycles. The summed E-state index contributed by atoms with van der Waals surface area (Å²) in [6, 6.07) is 15.6. The highest BCUT2D eigenvalue weighted by atomic mass is 32.2. The molecule has 0 radical (unpaired) electrons. The number of benzene rings is 2. The third-order valence-electron chi connectivity index (χ3n) is 3.01. The van der Waals surface area contributed by atoms with E-state index in [0.29, 0.717) is 5.75 Å². The van der Waals surface area contributed by atoms with Crippen LogP contribution in [0.5, 0.6) is 5.75 Å². The molecule has 1 atom stereocenters. The maximum Gasteiger partial charge on any atom is 0.230 e. The van der Waals surface area contributed by atoms with Crippen molar-refractivity contribution in [2.75, 3.05) is 12.9 Å². The Kier molecular flexibility index (Phi) is 5.11. The molecule has 0 fully saturated rings. The summed E-state index contributed by atoms with van der Waals surface area (Å²) >= 11 is 0. The average molecular weight is 303 g/mol. The highest BCUT2D eigenvalue weighted by molar-refractivity contribution is 7.84. The highest BCUT2D eigenvalue weighted by Gasteiger charge is 2.06. The zero-order valence-corrected chi connectivity index (χ0v) is 12.6. The number of hydrogen-bond acceptors (Lipinski definition) is 3. The van der Waals surface area contributed by atoms with E-state index in [0.717, 1.165) is 22.4 Å². The summed E-state index contributed by atoms with van der Waals surface area (Å²) in [6.07, 6.45) is 0. The predicted molar refractivity (Wildman–Crippen MR) is 84.3 cm³/mol. The lowest BCUT2D eigenvalue weighted by Gasteiger charge is -2.05. The fourth-order valence-electron chi connectivity index (χ4n) is 1.97. The monoisotopic (exact) mass is 303 g/mol. The van der Waals surface area contributed by atoms with Crippen molar-refractivity contribution in [3.05, 3.63) is 54.1 Å². The third-order valence-corrected chi connectivity index (χ3v) is 4.27. The van der Waals surface area contributed by atoms with Crippen LogP contribution in [0.3, 0.4) is 0 Å². The van der Waals surface area contributed by atoms with Crippen LogP contribution in [0, 0.1) is 0 Å². The van der Waals surface area contributed by atoms with Crippen LogP contribution in [0.4, 0.5) is 0 Å². The van der Waals surface area contributed by atoms with Crippen LogP contribution >= 0.6 is 0 Å². The fraction of sp³-hybridized carbons (Fsp3) is 0.188. The van der Waals surface area contributed by atoms with Gasteiger partial charge in [0.05, 0.1) is 7.11 Å². The Hall–Kier alpha value is -2.14. The molecule has 0 spiro atoms. The molecule has 2 rings (SSSR count). The second-order valence-electron chi connectivity index (χ2n) is 4.62. The SMILES string of the molecule is COc1ccc(-c2ccc(C[S@@](=O)CC(N)=O)cc2)cc1. The summed E-state index contributed by atoms with van der Waals surface area (Å²) in [5, 5.41) is 0. The molecule has 4 nitrogen and oxygen atoms in total. The Labute approximate surface area is 126 Å². The number of nitrogens with two attached hydrogens (primary N) is 1. The molecule has 0 aromatic heterocycles. The summed E-state index contributed by atoms with van der Waals surface area (Å²) in [5.41, 5.74) is 8.11. The molecular weight excluding hydrogens is 286 g/mol. The van der Waals surface area contributed by atoms with Gasteiger partial charge in [-0.3, -0.25) is 9.00 Å². The van der Waals surface area contributed by atoms with Crippen LogP contribution < -0.4 is 10.5 Å². The van der Waals surface area contributed by atoms with Crippen molar-refractivity contribution in [3.8, 4) is 16.9 Å². The molecule has 0 saturated carbocycles. The summed E-state index contributed by atoms with van der Waals surface area (Å²) < 4.78 is 16.8. The van der Waals surface area contributed by atoms with Crippen LogP contribution in [0.25, 0.3) is 11.1 Å². The van der Waals surface area contributed by atoms with Gasteiger partial charge in [-0.15, -0.1) is 0 Å². The van der Waals surface area contributed by atoms with E-state index in [2.05, 4.69) is 0 Å². The molecule has 5 heteroatoms. The summed E-state index contributed by atoms with van der Waals surface area (Å²) in [7, 11) is 0.387. The minimum absolute atomic E-state index is 0.0970. The van der Waals surface area contributed by atoms with E-state index in [4.69, 9.17) is 10.5 Å². The zero-order valence-electron chi connectivity index (χ0n) is 11.7. The number of hydrogen-bond donors (Lipinski definition) is 1. The maximum absolute atomic E-state index is 11.6. The quantitative estimate of drug-likeness (QED) is 0.888. The summed E-state index contributed by atoms with van der Waals surface area (Å²) in [4.78, 5) is 10.7. The van der Waals surface area contributed by atoms with E-state index in [1.54, 1.807) is 7.11 Å². The number of amides is 1. The van der Waals surface area contributed by atoms with Gasteiger partial charge in [0.2, 0.25) is 5.91 Å². The topological polar surface area (TPSA) is 69.4 Å². The van der Waals surface area contributed by atoms with E-state index in [-0.39, 0.29) is 5.75 Å². The first-order valence-electron chi connectivity index (χ1n) is 6.45. The van der Waals surface area contributed by atoms with E-state index in [1.165, 1.54) is 0 Å². The molecular formula is C16H17NO3S. The second kappa shape index (κ2) is 7.04. The minimum atomic E-state index is -1.25. The highest BCUT2D eigenvalue weighted by Crippen LogP contribution is 2.22. The van der Waals surface area contributed by atoms with Crippen molar-refractivity contribution < 1.29 is 13.7 Å². The Balaban J connectivity index is 2.07. The van der Waals surface area contributed by atoms with E-state index in [9.17, 15) is 9.00 Å². The normalized spacial score (nSPS) is 11.9. The van der Waals surface area contributed by atoms with E-state index < -0.39 is 16.7 Å². The Morgan fingerprint density at radius 1 is 1.05 bits per heavy atom. The van der Waals surface area contributed by atoms with Crippen molar-refractivity contribution in [1.82, 2.24) is 0 Å². The average Bonchev–Trinajstić information content (AvgIpc) is 2.47. The molecule has 0 saturated heterocycles. The largest absolute Gasteiger partial charge is 0.497 e. The predicted octanol–water partition coefficient (Wildman–Crippen LogP) is 2.10. The van der Waals surface area contributed by atoms with Gasteiger partial charge in [0.25, 0.3) is 0 Å². The van der Waals surface area contributed by atoms with Gasteiger partial charge in [0, 0.05) is 16.6 Å².